The Kier molecular flexibility index (Phi) is 5.06. The average molecular weight is 371 g/mol. The van der Waals surface area contributed by atoms with Crippen molar-refractivity contribution in [1.82, 2.24) is 20.2 Å². The zero-order valence-electron chi connectivity index (χ0n) is 14.9. The monoisotopic (exact) mass is 371 g/mol. The van der Waals surface area contributed by atoms with Crippen LogP contribution in [0.1, 0.15) is 5.56 Å². The van der Waals surface area contributed by atoms with Crippen LogP contribution in [-0.4, -0.2) is 26.1 Å². The first-order valence-corrected chi connectivity index (χ1v) is 8.71. The van der Waals surface area contributed by atoms with Crippen molar-refractivity contribution in [3.8, 4) is 17.2 Å². The summed E-state index contributed by atoms with van der Waals surface area (Å²) in [6.07, 6.45) is 1.80. The third kappa shape index (κ3) is 4.39. The second kappa shape index (κ2) is 8.13. The van der Waals surface area contributed by atoms with E-state index in [0.717, 1.165) is 22.7 Å². The molecule has 138 valence electrons. The molecule has 4 aromatic rings. The smallest absolute Gasteiger partial charge is 0.228 e. The molecule has 0 spiro atoms. The molecule has 4 rings (SSSR count). The molecule has 0 unspecified atom stereocenters. The number of hydrogen-bond acceptors (Lipinski definition) is 5. The van der Waals surface area contributed by atoms with Crippen LogP contribution in [0.3, 0.4) is 0 Å². The molecule has 0 bridgehead atoms. The molecule has 0 aliphatic carbocycles. The van der Waals surface area contributed by atoms with Crippen molar-refractivity contribution in [3.63, 3.8) is 0 Å². The second-order valence-corrected chi connectivity index (χ2v) is 6.09. The molecule has 0 fully saturated rings. The highest BCUT2D eigenvalue weighted by Gasteiger charge is 2.06. The summed E-state index contributed by atoms with van der Waals surface area (Å²) in [5.41, 5.74) is 2.46. The van der Waals surface area contributed by atoms with Gasteiger partial charge in [-0.05, 0) is 64.5 Å². The van der Waals surface area contributed by atoms with Gasteiger partial charge in [0, 0.05) is 5.69 Å². The van der Waals surface area contributed by atoms with Crippen molar-refractivity contribution in [2.45, 2.75) is 6.42 Å². The van der Waals surface area contributed by atoms with Crippen LogP contribution in [0.15, 0.2) is 85.2 Å². The Hall–Kier alpha value is -4.00. The fourth-order valence-corrected chi connectivity index (χ4v) is 2.67. The zero-order chi connectivity index (χ0) is 19.2. The number of amides is 1. The van der Waals surface area contributed by atoms with E-state index in [1.165, 1.54) is 6.33 Å². The van der Waals surface area contributed by atoms with Crippen molar-refractivity contribution in [1.29, 1.82) is 0 Å². The quantitative estimate of drug-likeness (QED) is 0.560. The van der Waals surface area contributed by atoms with E-state index in [2.05, 4.69) is 20.8 Å². The maximum absolute atomic E-state index is 12.3. The van der Waals surface area contributed by atoms with Crippen LogP contribution in [0.2, 0.25) is 0 Å². The Morgan fingerprint density at radius 1 is 0.893 bits per heavy atom. The van der Waals surface area contributed by atoms with E-state index in [9.17, 15) is 4.79 Å². The van der Waals surface area contributed by atoms with Gasteiger partial charge in [0.2, 0.25) is 5.91 Å². The molecule has 0 atom stereocenters. The van der Waals surface area contributed by atoms with Gasteiger partial charge in [-0.1, -0.05) is 30.3 Å². The Balaban J connectivity index is 1.33. The molecule has 0 radical (unpaired) electrons. The molecule has 7 nitrogen and oxygen atoms in total. The molecule has 0 aliphatic heterocycles. The molecule has 0 saturated heterocycles. The number of nitrogens with one attached hydrogen (secondary N) is 1. The number of hydrogen-bond donors (Lipinski definition) is 1. The highest BCUT2D eigenvalue weighted by Crippen LogP contribution is 2.22. The SMILES string of the molecule is O=C(Cc1ccc(-n2cnnn2)cc1)Nc1ccc(Oc2ccccc2)cc1. The summed E-state index contributed by atoms with van der Waals surface area (Å²) in [5.74, 6) is 1.39. The number of nitrogens with zero attached hydrogens (tertiary/aromatic N) is 4. The summed E-state index contributed by atoms with van der Waals surface area (Å²) in [6.45, 7) is 0. The van der Waals surface area contributed by atoms with Gasteiger partial charge < -0.3 is 10.1 Å². The van der Waals surface area contributed by atoms with Gasteiger partial charge in [0.25, 0.3) is 0 Å². The number of carbonyl (C=O) groups is 1. The summed E-state index contributed by atoms with van der Waals surface area (Å²) >= 11 is 0. The van der Waals surface area contributed by atoms with Crippen molar-refractivity contribution >= 4 is 11.6 Å². The summed E-state index contributed by atoms with van der Waals surface area (Å²) < 4.78 is 7.31. The largest absolute Gasteiger partial charge is 0.457 e. The lowest BCUT2D eigenvalue weighted by atomic mass is 10.1. The molecular weight excluding hydrogens is 354 g/mol. The summed E-state index contributed by atoms with van der Waals surface area (Å²) in [5, 5.41) is 13.9. The fraction of sp³-hybridized carbons (Fsp3) is 0.0476. The summed E-state index contributed by atoms with van der Waals surface area (Å²) in [4.78, 5) is 12.3. The first kappa shape index (κ1) is 17.4. The molecule has 3 aromatic carbocycles. The lowest BCUT2D eigenvalue weighted by Gasteiger charge is -2.08. The summed E-state index contributed by atoms with van der Waals surface area (Å²) in [7, 11) is 0. The van der Waals surface area contributed by atoms with E-state index in [-0.39, 0.29) is 12.3 Å². The van der Waals surface area contributed by atoms with Crippen LogP contribution in [0, 0.1) is 0 Å². The van der Waals surface area contributed by atoms with E-state index in [4.69, 9.17) is 4.74 Å². The van der Waals surface area contributed by atoms with E-state index in [1.54, 1.807) is 4.68 Å². The van der Waals surface area contributed by atoms with Crippen LogP contribution in [0.5, 0.6) is 11.5 Å². The number of para-hydroxylation sites is 1. The van der Waals surface area contributed by atoms with Gasteiger partial charge in [-0.15, -0.1) is 5.10 Å². The predicted octanol–water partition coefficient (Wildman–Crippen LogP) is 3.64. The molecule has 0 aliphatic rings. The number of ether oxygens (including phenoxy) is 1. The number of carbonyl (C=O) groups excluding carboxylic acids is 1. The molecule has 0 saturated carbocycles. The second-order valence-electron chi connectivity index (χ2n) is 6.09. The van der Waals surface area contributed by atoms with Crippen molar-refractivity contribution in [2.24, 2.45) is 0 Å². The number of tetrazole rings is 1. The summed E-state index contributed by atoms with van der Waals surface area (Å²) in [6, 6.07) is 24.3. The van der Waals surface area contributed by atoms with Gasteiger partial charge in [-0.3, -0.25) is 4.79 Å². The van der Waals surface area contributed by atoms with Crippen LogP contribution in [0.25, 0.3) is 5.69 Å². The minimum atomic E-state index is -0.0908. The van der Waals surface area contributed by atoms with Gasteiger partial charge >= 0.3 is 0 Å². The Bertz CT molecular complexity index is 1030. The first-order valence-electron chi connectivity index (χ1n) is 8.71. The minimum absolute atomic E-state index is 0.0908. The van der Waals surface area contributed by atoms with Gasteiger partial charge in [0.05, 0.1) is 12.1 Å². The third-order valence-corrected chi connectivity index (χ3v) is 4.03. The van der Waals surface area contributed by atoms with Crippen LogP contribution in [-0.2, 0) is 11.2 Å². The highest BCUT2D eigenvalue weighted by molar-refractivity contribution is 5.92. The number of anilines is 1. The predicted molar refractivity (Wildman–Crippen MR) is 104 cm³/mol. The maximum atomic E-state index is 12.3. The molecule has 1 amide bonds. The fourth-order valence-electron chi connectivity index (χ4n) is 2.67. The third-order valence-electron chi connectivity index (χ3n) is 4.03. The van der Waals surface area contributed by atoms with Crippen LogP contribution >= 0.6 is 0 Å². The molecule has 28 heavy (non-hydrogen) atoms. The number of rotatable bonds is 6. The van der Waals surface area contributed by atoms with Gasteiger partial charge in [0.15, 0.2) is 0 Å². The minimum Gasteiger partial charge on any atom is -0.457 e. The van der Waals surface area contributed by atoms with Crippen LogP contribution < -0.4 is 10.1 Å². The normalized spacial score (nSPS) is 10.4. The topological polar surface area (TPSA) is 81.9 Å². The Morgan fingerprint density at radius 2 is 1.61 bits per heavy atom. The van der Waals surface area contributed by atoms with Crippen molar-refractivity contribution in [2.75, 3.05) is 5.32 Å². The molecule has 1 heterocycles. The molecular formula is C21H17N5O2. The first-order chi connectivity index (χ1) is 13.8. The standard InChI is InChI=1S/C21H17N5O2/c27-21(14-16-6-10-18(11-7-16)26-15-22-24-25-26)23-17-8-12-20(13-9-17)28-19-4-2-1-3-5-19/h1-13,15H,14H2,(H,23,27). The number of benzene rings is 3. The van der Waals surface area contributed by atoms with Gasteiger partial charge in [0.1, 0.15) is 17.8 Å². The van der Waals surface area contributed by atoms with E-state index in [1.807, 2.05) is 78.9 Å². The average Bonchev–Trinajstić information content (AvgIpc) is 3.26. The van der Waals surface area contributed by atoms with E-state index < -0.39 is 0 Å². The molecule has 1 N–H and O–H groups in total. The van der Waals surface area contributed by atoms with E-state index >= 15 is 0 Å². The van der Waals surface area contributed by atoms with Gasteiger partial charge in [-0.2, -0.15) is 0 Å². The molecule has 7 heteroatoms. The zero-order valence-corrected chi connectivity index (χ0v) is 14.9. The maximum Gasteiger partial charge on any atom is 0.228 e. The number of aromatic nitrogens is 4. The highest BCUT2D eigenvalue weighted by atomic mass is 16.5. The van der Waals surface area contributed by atoms with Crippen molar-refractivity contribution < 1.29 is 9.53 Å². The lowest BCUT2D eigenvalue weighted by molar-refractivity contribution is -0.115. The van der Waals surface area contributed by atoms with E-state index in [0.29, 0.717) is 5.75 Å². The molecule has 1 aromatic heterocycles. The van der Waals surface area contributed by atoms with Crippen molar-refractivity contribution in [3.05, 3.63) is 90.8 Å². The Labute approximate surface area is 161 Å². The lowest BCUT2D eigenvalue weighted by Crippen LogP contribution is -2.14. The van der Waals surface area contributed by atoms with Gasteiger partial charge in [-0.25, -0.2) is 4.68 Å². The van der Waals surface area contributed by atoms with Crippen LogP contribution in [0.4, 0.5) is 5.69 Å². The Morgan fingerprint density at radius 3 is 2.29 bits per heavy atom.